The van der Waals surface area contributed by atoms with Gasteiger partial charge < -0.3 is 4.74 Å². The molecule has 0 spiro atoms. The lowest BCUT2D eigenvalue weighted by atomic mass is 10.2. The van der Waals surface area contributed by atoms with E-state index in [1.54, 1.807) is 0 Å². The van der Waals surface area contributed by atoms with Crippen LogP contribution in [-0.4, -0.2) is 27.8 Å². The smallest absolute Gasteiger partial charge is 0.416 e. The number of nitrogens with zero attached hydrogens (tertiary/aromatic N) is 3. The number of halogens is 4. The first-order chi connectivity index (χ1) is 9.32. The molecule has 0 fully saturated rings. The zero-order chi connectivity index (χ0) is 14.9. The fourth-order valence-electron chi connectivity index (χ4n) is 1.43. The van der Waals surface area contributed by atoms with Gasteiger partial charge in [-0.25, -0.2) is 18.9 Å². The molecule has 20 heavy (non-hydrogen) atoms. The monoisotopic (exact) mass is 289 g/mol. The van der Waals surface area contributed by atoms with Crippen molar-refractivity contribution in [2.75, 3.05) is 7.11 Å². The van der Waals surface area contributed by atoms with Crippen molar-refractivity contribution in [2.45, 2.75) is 6.18 Å². The third-order valence-corrected chi connectivity index (χ3v) is 2.38. The number of rotatable bonds is 2. The molecule has 0 amide bonds. The SMILES string of the molecule is COC(=O)c1ncn(-c2ccc(C(F)(F)F)cc2F)n1. The van der Waals surface area contributed by atoms with E-state index in [0.29, 0.717) is 12.1 Å². The number of carbonyl (C=O) groups is 1. The number of hydrogen-bond acceptors (Lipinski definition) is 4. The largest absolute Gasteiger partial charge is 0.463 e. The first-order valence-corrected chi connectivity index (χ1v) is 5.20. The van der Waals surface area contributed by atoms with Crippen LogP contribution in [0, 0.1) is 5.82 Å². The van der Waals surface area contributed by atoms with Crippen LogP contribution in [-0.2, 0) is 10.9 Å². The lowest BCUT2D eigenvalue weighted by Crippen LogP contribution is -2.08. The van der Waals surface area contributed by atoms with Crippen molar-refractivity contribution in [2.24, 2.45) is 0 Å². The molecule has 0 saturated heterocycles. The Morgan fingerprint density at radius 1 is 1.35 bits per heavy atom. The second-order valence-electron chi connectivity index (χ2n) is 3.67. The molecule has 5 nitrogen and oxygen atoms in total. The number of benzene rings is 1. The van der Waals surface area contributed by atoms with E-state index in [2.05, 4.69) is 14.8 Å². The van der Waals surface area contributed by atoms with Crippen LogP contribution in [0.1, 0.15) is 16.2 Å². The Labute approximate surface area is 109 Å². The van der Waals surface area contributed by atoms with Crippen LogP contribution in [0.5, 0.6) is 0 Å². The van der Waals surface area contributed by atoms with Gasteiger partial charge in [-0.05, 0) is 18.2 Å². The van der Waals surface area contributed by atoms with E-state index in [1.807, 2.05) is 0 Å². The molecule has 0 unspecified atom stereocenters. The number of alkyl halides is 3. The lowest BCUT2D eigenvalue weighted by Gasteiger charge is -2.08. The number of hydrogen-bond donors (Lipinski definition) is 0. The molecular weight excluding hydrogens is 282 g/mol. The average Bonchev–Trinajstić information content (AvgIpc) is 2.86. The molecular formula is C11H7F4N3O2. The summed E-state index contributed by atoms with van der Waals surface area (Å²) in [6.07, 6.45) is -3.64. The normalized spacial score (nSPS) is 11.4. The third-order valence-electron chi connectivity index (χ3n) is 2.38. The van der Waals surface area contributed by atoms with Crippen LogP contribution in [0.25, 0.3) is 5.69 Å². The summed E-state index contributed by atoms with van der Waals surface area (Å²) in [5, 5.41) is 3.61. The molecule has 9 heteroatoms. The van der Waals surface area contributed by atoms with Gasteiger partial charge in [-0.1, -0.05) is 0 Å². The van der Waals surface area contributed by atoms with Gasteiger partial charge in [0.25, 0.3) is 5.82 Å². The summed E-state index contributed by atoms with van der Waals surface area (Å²) in [4.78, 5) is 14.7. The third kappa shape index (κ3) is 2.60. The van der Waals surface area contributed by atoms with Crippen LogP contribution < -0.4 is 0 Å². The van der Waals surface area contributed by atoms with E-state index in [9.17, 15) is 22.4 Å². The second-order valence-corrected chi connectivity index (χ2v) is 3.67. The summed E-state index contributed by atoms with van der Waals surface area (Å²) in [6, 6.07) is 1.95. The second kappa shape index (κ2) is 4.91. The minimum Gasteiger partial charge on any atom is -0.463 e. The number of esters is 1. The summed E-state index contributed by atoms with van der Waals surface area (Å²) in [7, 11) is 1.11. The topological polar surface area (TPSA) is 57.0 Å². The molecule has 0 atom stereocenters. The Balaban J connectivity index is 2.39. The van der Waals surface area contributed by atoms with Gasteiger partial charge in [-0.2, -0.15) is 13.2 Å². The number of ether oxygens (including phenoxy) is 1. The van der Waals surface area contributed by atoms with Crippen LogP contribution in [0.2, 0.25) is 0 Å². The summed E-state index contributed by atoms with van der Waals surface area (Å²) in [5.74, 6) is -2.30. The van der Waals surface area contributed by atoms with E-state index < -0.39 is 23.5 Å². The first-order valence-electron chi connectivity index (χ1n) is 5.20. The Hall–Kier alpha value is -2.45. The van der Waals surface area contributed by atoms with Gasteiger partial charge in [0.15, 0.2) is 0 Å². The van der Waals surface area contributed by atoms with Gasteiger partial charge >= 0.3 is 12.1 Å². The fraction of sp³-hybridized carbons (Fsp3) is 0.182. The molecule has 0 aliphatic heterocycles. The minimum atomic E-state index is -4.64. The van der Waals surface area contributed by atoms with E-state index in [0.717, 1.165) is 24.2 Å². The summed E-state index contributed by atoms with van der Waals surface area (Å²) >= 11 is 0. The molecule has 0 aliphatic carbocycles. The van der Waals surface area contributed by atoms with Crippen molar-refractivity contribution >= 4 is 5.97 Å². The van der Waals surface area contributed by atoms with Gasteiger partial charge in [-0.3, -0.25) is 0 Å². The summed E-state index contributed by atoms with van der Waals surface area (Å²) in [5.41, 5.74) is -1.38. The number of aromatic nitrogens is 3. The highest BCUT2D eigenvalue weighted by Crippen LogP contribution is 2.30. The van der Waals surface area contributed by atoms with Gasteiger partial charge in [0.05, 0.1) is 12.7 Å². The van der Waals surface area contributed by atoms with Gasteiger partial charge in [0, 0.05) is 0 Å². The molecule has 1 aromatic carbocycles. The lowest BCUT2D eigenvalue weighted by molar-refractivity contribution is -0.137. The molecule has 2 aromatic rings. The summed E-state index contributed by atoms with van der Waals surface area (Å²) < 4.78 is 56.0. The fourth-order valence-corrected chi connectivity index (χ4v) is 1.43. The van der Waals surface area contributed by atoms with E-state index in [-0.39, 0.29) is 11.5 Å². The molecule has 0 saturated carbocycles. The molecule has 0 radical (unpaired) electrons. The van der Waals surface area contributed by atoms with Gasteiger partial charge in [0.2, 0.25) is 0 Å². The Kier molecular flexibility index (Phi) is 3.43. The van der Waals surface area contributed by atoms with E-state index in [1.165, 1.54) is 0 Å². The number of methoxy groups -OCH3 is 1. The van der Waals surface area contributed by atoms with Crippen LogP contribution in [0.4, 0.5) is 17.6 Å². The van der Waals surface area contributed by atoms with Crippen molar-refractivity contribution in [3.05, 3.63) is 41.7 Å². The average molecular weight is 289 g/mol. The van der Waals surface area contributed by atoms with Crippen molar-refractivity contribution in [1.29, 1.82) is 0 Å². The predicted molar refractivity (Wildman–Crippen MR) is 57.7 cm³/mol. The molecule has 106 valence electrons. The highest BCUT2D eigenvalue weighted by atomic mass is 19.4. The first kappa shape index (κ1) is 14.0. The van der Waals surface area contributed by atoms with Crippen LogP contribution in [0.15, 0.2) is 24.5 Å². The zero-order valence-corrected chi connectivity index (χ0v) is 9.98. The maximum absolute atomic E-state index is 13.7. The quantitative estimate of drug-likeness (QED) is 0.628. The summed E-state index contributed by atoms with van der Waals surface area (Å²) in [6.45, 7) is 0. The Morgan fingerprint density at radius 2 is 2.05 bits per heavy atom. The van der Waals surface area contributed by atoms with Crippen LogP contribution >= 0.6 is 0 Å². The van der Waals surface area contributed by atoms with Crippen molar-refractivity contribution in [3.8, 4) is 5.69 Å². The van der Waals surface area contributed by atoms with E-state index in [4.69, 9.17) is 0 Å². The standard InChI is InChI=1S/C11H7F4N3O2/c1-20-10(19)9-16-5-18(17-9)8-3-2-6(4-7(8)12)11(13,14)15/h2-5H,1H3. The number of carbonyl (C=O) groups excluding carboxylic acids is 1. The van der Waals surface area contributed by atoms with Crippen molar-refractivity contribution in [1.82, 2.24) is 14.8 Å². The molecule has 0 bridgehead atoms. The molecule has 2 rings (SSSR count). The minimum absolute atomic E-state index is 0.263. The Morgan fingerprint density at radius 3 is 2.60 bits per heavy atom. The highest BCUT2D eigenvalue weighted by molar-refractivity contribution is 5.84. The van der Waals surface area contributed by atoms with Gasteiger partial charge in [0.1, 0.15) is 17.8 Å². The molecule has 0 aliphatic rings. The maximum atomic E-state index is 13.7. The zero-order valence-electron chi connectivity index (χ0n) is 9.98. The molecule has 0 N–H and O–H groups in total. The maximum Gasteiger partial charge on any atom is 0.416 e. The van der Waals surface area contributed by atoms with E-state index >= 15 is 0 Å². The Bertz CT molecular complexity index is 651. The van der Waals surface area contributed by atoms with Crippen molar-refractivity contribution < 1.29 is 27.1 Å². The van der Waals surface area contributed by atoms with Crippen molar-refractivity contribution in [3.63, 3.8) is 0 Å². The highest BCUT2D eigenvalue weighted by Gasteiger charge is 2.31. The molecule has 1 aromatic heterocycles. The molecule has 1 heterocycles. The predicted octanol–water partition coefficient (Wildman–Crippen LogP) is 2.21. The van der Waals surface area contributed by atoms with Gasteiger partial charge in [-0.15, -0.1) is 5.10 Å². The van der Waals surface area contributed by atoms with Crippen LogP contribution in [0.3, 0.4) is 0 Å².